The van der Waals surface area contributed by atoms with Gasteiger partial charge in [-0.1, -0.05) is 38.5 Å². The lowest BCUT2D eigenvalue weighted by Gasteiger charge is -2.32. The van der Waals surface area contributed by atoms with Gasteiger partial charge in [-0.25, -0.2) is 0 Å². The summed E-state index contributed by atoms with van der Waals surface area (Å²) in [6, 6.07) is 2.19. The standard InChI is InChI=1S/C19H31N3.C9H13N/c1-5-7-10-21-15(3)19(18(6-2)17-8-9-17)16(4)22-13-11-20-12-14-22;1-3-4-9-5-8(2)6-10-7-9/h6-7,10,17,20H,5,8-9,11-14H2,1-4H3;5-7H,3-4H2,1-2H3/b10-7+,18-6-,19-16-,21-15+;. The van der Waals surface area contributed by atoms with Gasteiger partial charge in [0.05, 0.1) is 0 Å². The summed E-state index contributed by atoms with van der Waals surface area (Å²) in [5, 5.41) is 3.44. The second-order valence-electron chi connectivity index (χ2n) is 8.84. The zero-order valence-corrected chi connectivity index (χ0v) is 21.2. The van der Waals surface area contributed by atoms with Crippen molar-refractivity contribution in [2.45, 2.75) is 73.6 Å². The van der Waals surface area contributed by atoms with Crippen molar-refractivity contribution in [2.75, 3.05) is 26.2 Å². The highest BCUT2D eigenvalue weighted by molar-refractivity contribution is 6.03. The Morgan fingerprint density at radius 1 is 1.19 bits per heavy atom. The molecule has 4 nitrogen and oxygen atoms in total. The topological polar surface area (TPSA) is 40.5 Å². The van der Waals surface area contributed by atoms with Gasteiger partial charge < -0.3 is 10.2 Å². The molecule has 1 aromatic heterocycles. The van der Waals surface area contributed by atoms with Crippen LogP contribution >= 0.6 is 0 Å². The summed E-state index contributed by atoms with van der Waals surface area (Å²) >= 11 is 0. The summed E-state index contributed by atoms with van der Waals surface area (Å²) < 4.78 is 0. The summed E-state index contributed by atoms with van der Waals surface area (Å²) in [5.41, 5.74) is 8.04. The minimum atomic E-state index is 0.748. The van der Waals surface area contributed by atoms with Gasteiger partial charge in [0.2, 0.25) is 0 Å². The molecule has 1 N–H and O–H groups in total. The first-order chi connectivity index (χ1) is 15.5. The van der Waals surface area contributed by atoms with Crippen LogP contribution in [-0.4, -0.2) is 41.8 Å². The van der Waals surface area contributed by atoms with Crippen LogP contribution in [0.5, 0.6) is 0 Å². The molecule has 0 aromatic carbocycles. The molecule has 1 saturated heterocycles. The minimum absolute atomic E-state index is 0.748. The molecule has 32 heavy (non-hydrogen) atoms. The Morgan fingerprint density at radius 2 is 1.91 bits per heavy atom. The number of allylic oxidation sites excluding steroid dienone is 5. The fraction of sp³-hybridized carbons (Fsp3) is 0.571. The molecule has 2 aliphatic rings. The molecule has 1 aliphatic carbocycles. The van der Waals surface area contributed by atoms with Crippen molar-refractivity contribution in [3.8, 4) is 0 Å². The van der Waals surface area contributed by atoms with E-state index in [2.05, 4.69) is 75.0 Å². The number of nitrogens with zero attached hydrogens (tertiary/aromatic N) is 3. The fourth-order valence-electron chi connectivity index (χ4n) is 4.19. The van der Waals surface area contributed by atoms with E-state index >= 15 is 0 Å². The minimum Gasteiger partial charge on any atom is -0.372 e. The second-order valence-corrected chi connectivity index (χ2v) is 8.84. The molecule has 2 heterocycles. The molecule has 1 saturated carbocycles. The Kier molecular flexibility index (Phi) is 11.4. The van der Waals surface area contributed by atoms with Crippen LogP contribution in [-0.2, 0) is 6.42 Å². The molecule has 4 heteroatoms. The van der Waals surface area contributed by atoms with Crippen LogP contribution in [0.15, 0.2) is 58.6 Å². The molecule has 0 atom stereocenters. The molecule has 1 aliphatic heterocycles. The molecule has 176 valence electrons. The van der Waals surface area contributed by atoms with Gasteiger partial charge >= 0.3 is 0 Å². The molecule has 0 radical (unpaired) electrons. The van der Waals surface area contributed by atoms with Crippen LogP contribution in [0.3, 0.4) is 0 Å². The highest BCUT2D eigenvalue weighted by Gasteiger charge is 2.30. The second kappa shape index (κ2) is 14.1. The lowest BCUT2D eigenvalue weighted by Crippen LogP contribution is -2.43. The predicted molar refractivity (Wildman–Crippen MR) is 139 cm³/mol. The van der Waals surface area contributed by atoms with Crippen molar-refractivity contribution in [2.24, 2.45) is 10.9 Å². The third-order valence-corrected chi connectivity index (χ3v) is 6.01. The number of pyridine rings is 1. The first kappa shape index (κ1) is 26.1. The molecule has 0 bridgehead atoms. The molecule has 2 fully saturated rings. The van der Waals surface area contributed by atoms with Crippen molar-refractivity contribution in [1.82, 2.24) is 15.2 Å². The van der Waals surface area contributed by atoms with E-state index in [-0.39, 0.29) is 0 Å². The molecule has 0 spiro atoms. The summed E-state index contributed by atoms with van der Waals surface area (Å²) in [7, 11) is 0. The van der Waals surface area contributed by atoms with Crippen molar-refractivity contribution in [1.29, 1.82) is 0 Å². The molecular formula is C28H44N4. The Labute approximate surface area is 196 Å². The van der Waals surface area contributed by atoms with Gasteiger partial charge in [0.15, 0.2) is 0 Å². The summed E-state index contributed by atoms with van der Waals surface area (Å²) in [6.45, 7) is 17.3. The third-order valence-electron chi connectivity index (χ3n) is 6.01. The highest BCUT2D eigenvalue weighted by Crippen LogP contribution is 2.41. The number of piperazine rings is 1. The highest BCUT2D eigenvalue weighted by atomic mass is 15.2. The van der Waals surface area contributed by atoms with Crippen LogP contribution in [0.1, 0.15) is 71.4 Å². The first-order valence-electron chi connectivity index (χ1n) is 12.4. The van der Waals surface area contributed by atoms with Gasteiger partial charge in [-0.3, -0.25) is 9.98 Å². The number of aromatic nitrogens is 1. The van der Waals surface area contributed by atoms with Crippen molar-refractivity contribution < 1.29 is 0 Å². The maximum Gasteiger partial charge on any atom is 0.0464 e. The van der Waals surface area contributed by atoms with E-state index in [1.165, 1.54) is 47.2 Å². The van der Waals surface area contributed by atoms with Gasteiger partial charge in [-0.2, -0.15) is 0 Å². The van der Waals surface area contributed by atoms with Crippen molar-refractivity contribution in [3.63, 3.8) is 0 Å². The zero-order chi connectivity index (χ0) is 23.3. The third kappa shape index (κ3) is 8.38. The van der Waals surface area contributed by atoms with E-state index in [0.29, 0.717) is 0 Å². The number of aryl methyl sites for hydroxylation is 2. The number of hydrogen-bond acceptors (Lipinski definition) is 4. The number of aliphatic imine (C=N–C) groups is 1. The largest absolute Gasteiger partial charge is 0.372 e. The Hall–Kier alpha value is -2.20. The average Bonchev–Trinajstić information content (AvgIpc) is 3.63. The fourth-order valence-corrected chi connectivity index (χ4v) is 4.19. The number of nitrogens with one attached hydrogen (secondary N) is 1. The molecule has 0 amide bonds. The molecule has 3 rings (SSSR count). The predicted octanol–water partition coefficient (Wildman–Crippen LogP) is 6.25. The lowest BCUT2D eigenvalue weighted by molar-refractivity contribution is 0.298. The SMILES string of the molecule is CCCc1cncc(C)c1.C\C=C(C(/C(C)=N/C=C/CC)=C(/C)N1CCNCC1)\C1CC1. The average molecular weight is 437 g/mol. The maximum atomic E-state index is 4.70. The van der Waals surface area contributed by atoms with Gasteiger partial charge in [0, 0.05) is 61.8 Å². The quantitative estimate of drug-likeness (QED) is 0.387. The maximum absolute atomic E-state index is 4.70. The van der Waals surface area contributed by atoms with E-state index in [0.717, 1.165) is 50.7 Å². The first-order valence-corrected chi connectivity index (χ1v) is 12.4. The van der Waals surface area contributed by atoms with Crippen LogP contribution in [0.2, 0.25) is 0 Å². The monoisotopic (exact) mass is 436 g/mol. The zero-order valence-electron chi connectivity index (χ0n) is 21.2. The van der Waals surface area contributed by atoms with Gasteiger partial charge in [0.1, 0.15) is 0 Å². The van der Waals surface area contributed by atoms with Gasteiger partial charge in [0.25, 0.3) is 0 Å². The van der Waals surface area contributed by atoms with Crippen LogP contribution in [0.25, 0.3) is 0 Å². The van der Waals surface area contributed by atoms with Gasteiger partial charge in [-0.15, -0.1) is 0 Å². The van der Waals surface area contributed by atoms with Crippen molar-refractivity contribution >= 4 is 5.71 Å². The lowest BCUT2D eigenvalue weighted by atomic mass is 9.95. The molecular weight excluding hydrogens is 392 g/mol. The van der Waals surface area contributed by atoms with E-state index in [9.17, 15) is 0 Å². The Bertz CT molecular complexity index is 822. The van der Waals surface area contributed by atoms with E-state index < -0.39 is 0 Å². The molecule has 0 unspecified atom stereocenters. The van der Waals surface area contributed by atoms with Crippen LogP contribution in [0, 0.1) is 12.8 Å². The number of hydrogen-bond donors (Lipinski definition) is 1. The summed E-state index contributed by atoms with van der Waals surface area (Å²) in [6.07, 6.45) is 16.3. The van der Waals surface area contributed by atoms with E-state index in [1.54, 1.807) is 0 Å². The normalized spacial score (nSPS) is 18.4. The van der Waals surface area contributed by atoms with Crippen LogP contribution in [0.4, 0.5) is 0 Å². The van der Waals surface area contributed by atoms with Gasteiger partial charge in [-0.05, 0) is 76.0 Å². The molecule has 1 aromatic rings. The van der Waals surface area contributed by atoms with E-state index in [4.69, 9.17) is 4.99 Å². The smallest absolute Gasteiger partial charge is 0.0464 e. The summed E-state index contributed by atoms with van der Waals surface area (Å²) in [5.74, 6) is 0.748. The summed E-state index contributed by atoms with van der Waals surface area (Å²) in [4.78, 5) is 11.3. The number of rotatable bonds is 8. The van der Waals surface area contributed by atoms with Crippen LogP contribution < -0.4 is 5.32 Å². The Morgan fingerprint density at radius 3 is 2.47 bits per heavy atom. The van der Waals surface area contributed by atoms with Crippen molar-refractivity contribution in [3.05, 3.63) is 64.8 Å². The van der Waals surface area contributed by atoms with E-state index in [1.807, 2.05) is 18.6 Å². The Balaban J connectivity index is 0.000000303.